The lowest BCUT2D eigenvalue weighted by Crippen LogP contribution is -2.44. The lowest BCUT2D eigenvalue weighted by atomic mass is 10.1. The van der Waals surface area contributed by atoms with Gasteiger partial charge in [-0.3, -0.25) is 0 Å². The molecule has 1 saturated heterocycles. The van der Waals surface area contributed by atoms with Crippen molar-refractivity contribution in [3.05, 3.63) is 28.8 Å². The predicted molar refractivity (Wildman–Crippen MR) is 92.6 cm³/mol. The first-order chi connectivity index (χ1) is 11.4. The lowest BCUT2D eigenvalue weighted by molar-refractivity contribution is 0.0378. The van der Waals surface area contributed by atoms with Crippen LogP contribution in [-0.4, -0.2) is 49.3 Å². The highest BCUT2D eigenvalue weighted by atomic mass is 35.5. The van der Waals surface area contributed by atoms with Crippen molar-refractivity contribution in [2.24, 2.45) is 0 Å². The van der Waals surface area contributed by atoms with Gasteiger partial charge in [0.25, 0.3) is 0 Å². The Hall–Kier alpha value is -1.79. The zero-order chi connectivity index (χ0) is 17.7. The van der Waals surface area contributed by atoms with E-state index in [1.807, 2.05) is 0 Å². The SMILES string of the molecule is CO[C@H]1CCCN(C(=O)Nc2ccc(Cl)c(C(=O)OC(C)C)c2)C1. The van der Waals surface area contributed by atoms with Crippen LogP contribution in [0.3, 0.4) is 0 Å². The second kappa shape index (κ2) is 8.35. The van der Waals surface area contributed by atoms with Crippen LogP contribution >= 0.6 is 11.6 Å². The van der Waals surface area contributed by atoms with E-state index in [0.29, 0.717) is 18.8 Å². The lowest BCUT2D eigenvalue weighted by Gasteiger charge is -2.31. The fraction of sp³-hybridized carbons (Fsp3) is 0.529. The van der Waals surface area contributed by atoms with Crippen molar-refractivity contribution < 1.29 is 19.1 Å². The second-order valence-corrected chi connectivity index (χ2v) is 6.43. The Balaban J connectivity index is 2.06. The predicted octanol–water partition coefficient (Wildman–Crippen LogP) is 3.55. The molecule has 0 aliphatic carbocycles. The Labute approximate surface area is 147 Å². The van der Waals surface area contributed by atoms with Crippen molar-refractivity contribution >= 4 is 29.3 Å². The molecule has 0 aromatic heterocycles. The van der Waals surface area contributed by atoms with Crippen molar-refractivity contribution in [1.29, 1.82) is 0 Å². The van der Waals surface area contributed by atoms with Crippen LogP contribution in [-0.2, 0) is 9.47 Å². The molecule has 6 nitrogen and oxygen atoms in total. The van der Waals surface area contributed by atoms with Gasteiger partial charge in [-0.2, -0.15) is 0 Å². The number of nitrogens with one attached hydrogen (secondary N) is 1. The first kappa shape index (κ1) is 18.5. The highest BCUT2D eigenvalue weighted by Gasteiger charge is 2.24. The summed E-state index contributed by atoms with van der Waals surface area (Å²) in [4.78, 5) is 26.1. The van der Waals surface area contributed by atoms with Crippen LogP contribution in [0.2, 0.25) is 5.02 Å². The zero-order valence-corrected chi connectivity index (χ0v) is 14.9. The molecule has 2 rings (SSSR count). The molecule has 0 saturated carbocycles. The van der Waals surface area contributed by atoms with Crippen LogP contribution in [0.4, 0.5) is 10.5 Å². The van der Waals surface area contributed by atoms with E-state index in [1.165, 1.54) is 6.07 Å². The third-order valence-corrected chi connectivity index (χ3v) is 4.11. The molecule has 24 heavy (non-hydrogen) atoms. The molecule has 1 aliphatic heterocycles. The van der Waals surface area contributed by atoms with Gasteiger partial charge in [0.05, 0.1) is 22.8 Å². The Morgan fingerprint density at radius 2 is 2.12 bits per heavy atom. The molecule has 0 unspecified atom stereocenters. The summed E-state index contributed by atoms with van der Waals surface area (Å²) in [5.74, 6) is -0.511. The van der Waals surface area contributed by atoms with Crippen molar-refractivity contribution in [3.8, 4) is 0 Å². The van der Waals surface area contributed by atoms with E-state index in [2.05, 4.69) is 5.32 Å². The van der Waals surface area contributed by atoms with Crippen LogP contribution in [0, 0.1) is 0 Å². The molecule has 1 aromatic rings. The number of anilines is 1. The monoisotopic (exact) mass is 354 g/mol. The summed E-state index contributed by atoms with van der Waals surface area (Å²) in [6, 6.07) is 4.54. The molecule has 1 fully saturated rings. The van der Waals surface area contributed by atoms with Crippen molar-refractivity contribution in [2.75, 3.05) is 25.5 Å². The molecule has 2 amide bonds. The molecular formula is C17H23ClN2O4. The molecule has 1 N–H and O–H groups in total. The fourth-order valence-electron chi connectivity index (χ4n) is 2.55. The number of esters is 1. The number of methoxy groups -OCH3 is 1. The highest BCUT2D eigenvalue weighted by Crippen LogP contribution is 2.23. The normalized spacial score (nSPS) is 17.7. The van der Waals surface area contributed by atoms with Crippen LogP contribution in [0.25, 0.3) is 0 Å². The van der Waals surface area contributed by atoms with Crippen molar-refractivity contribution in [1.82, 2.24) is 4.90 Å². The van der Waals surface area contributed by atoms with Gasteiger partial charge in [0.2, 0.25) is 0 Å². The minimum atomic E-state index is -0.511. The quantitative estimate of drug-likeness (QED) is 0.839. The summed E-state index contributed by atoms with van der Waals surface area (Å²) in [5.41, 5.74) is 0.733. The Morgan fingerprint density at radius 3 is 2.79 bits per heavy atom. The van der Waals surface area contributed by atoms with E-state index in [-0.39, 0.29) is 28.8 Å². The van der Waals surface area contributed by atoms with Gasteiger partial charge in [-0.05, 0) is 44.9 Å². The summed E-state index contributed by atoms with van der Waals surface area (Å²) in [5, 5.41) is 3.09. The number of rotatable bonds is 4. The number of benzene rings is 1. The largest absolute Gasteiger partial charge is 0.459 e. The summed E-state index contributed by atoms with van der Waals surface area (Å²) >= 11 is 6.06. The third kappa shape index (κ3) is 4.85. The molecule has 1 aliphatic rings. The average molecular weight is 355 g/mol. The van der Waals surface area contributed by atoms with Gasteiger partial charge in [0, 0.05) is 25.9 Å². The smallest absolute Gasteiger partial charge is 0.339 e. The van der Waals surface area contributed by atoms with Gasteiger partial charge in [0.1, 0.15) is 0 Å². The molecule has 0 bridgehead atoms. The van der Waals surface area contributed by atoms with Crippen LogP contribution in [0.5, 0.6) is 0 Å². The maximum Gasteiger partial charge on any atom is 0.339 e. The molecule has 0 spiro atoms. The summed E-state index contributed by atoms with van der Waals surface area (Å²) in [7, 11) is 1.65. The highest BCUT2D eigenvalue weighted by molar-refractivity contribution is 6.33. The topological polar surface area (TPSA) is 67.9 Å². The third-order valence-electron chi connectivity index (χ3n) is 3.78. The van der Waals surface area contributed by atoms with E-state index < -0.39 is 5.97 Å². The minimum absolute atomic E-state index is 0.0614. The van der Waals surface area contributed by atoms with Crippen LogP contribution in [0.15, 0.2) is 18.2 Å². The molecule has 0 radical (unpaired) electrons. The van der Waals surface area contributed by atoms with E-state index in [1.54, 1.807) is 38.0 Å². The molecular weight excluding hydrogens is 332 g/mol. The summed E-state index contributed by atoms with van der Waals surface area (Å²) in [6.45, 7) is 4.76. The Bertz CT molecular complexity index is 606. The maximum atomic E-state index is 12.4. The van der Waals surface area contributed by atoms with E-state index >= 15 is 0 Å². The number of hydrogen-bond donors (Lipinski definition) is 1. The van der Waals surface area contributed by atoms with Crippen LogP contribution < -0.4 is 5.32 Å². The van der Waals surface area contributed by atoms with Gasteiger partial charge < -0.3 is 19.7 Å². The van der Waals surface area contributed by atoms with Gasteiger partial charge in [-0.25, -0.2) is 9.59 Å². The zero-order valence-electron chi connectivity index (χ0n) is 14.2. The van der Waals surface area contributed by atoms with Gasteiger partial charge in [-0.1, -0.05) is 11.6 Å². The fourth-order valence-corrected chi connectivity index (χ4v) is 2.75. The first-order valence-electron chi connectivity index (χ1n) is 8.00. The second-order valence-electron chi connectivity index (χ2n) is 6.02. The number of hydrogen-bond acceptors (Lipinski definition) is 4. The van der Waals surface area contributed by atoms with Crippen LogP contribution in [0.1, 0.15) is 37.0 Å². The number of urea groups is 1. The average Bonchev–Trinajstić information content (AvgIpc) is 2.55. The number of amides is 2. The van der Waals surface area contributed by atoms with Gasteiger partial charge in [0.15, 0.2) is 0 Å². The molecule has 1 aromatic carbocycles. The van der Waals surface area contributed by atoms with E-state index in [4.69, 9.17) is 21.1 Å². The summed E-state index contributed by atoms with van der Waals surface area (Å²) < 4.78 is 10.5. The van der Waals surface area contributed by atoms with E-state index in [9.17, 15) is 9.59 Å². The van der Waals surface area contributed by atoms with Crippen molar-refractivity contribution in [2.45, 2.75) is 38.9 Å². The number of halogens is 1. The van der Waals surface area contributed by atoms with Gasteiger partial charge in [-0.15, -0.1) is 0 Å². The van der Waals surface area contributed by atoms with Crippen molar-refractivity contribution in [3.63, 3.8) is 0 Å². The number of likely N-dealkylation sites (tertiary alicyclic amines) is 1. The number of nitrogens with zero attached hydrogens (tertiary/aromatic N) is 1. The maximum absolute atomic E-state index is 12.4. The Morgan fingerprint density at radius 1 is 1.38 bits per heavy atom. The molecule has 132 valence electrons. The standard InChI is InChI=1S/C17H23ClN2O4/c1-11(2)24-16(21)14-9-12(6-7-15(14)18)19-17(22)20-8-4-5-13(10-20)23-3/h6-7,9,11,13H,4-5,8,10H2,1-3H3,(H,19,22)/t13-/m0/s1. The molecule has 1 heterocycles. The minimum Gasteiger partial charge on any atom is -0.459 e. The molecule has 7 heteroatoms. The molecule has 1 atom stereocenters. The van der Waals surface area contributed by atoms with E-state index in [0.717, 1.165) is 12.8 Å². The number of ether oxygens (including phenoxy) is 2. The Kier molecular flexibility index (Phi) is 6.45. The summed E-state index contributed by atoms with van der Waals surface area (Å²) in [6.07, 6.45) is 1.67. The number of piperidine rings is 1. The number of carbonyl (C=O) groups is 2. The first-order valence-corrected chi connectivity index (χ1v) is 8.37. The van der Waals surface area contributed by atoms with Gasteiger partial charge >= 0.3 is 12.0 Å². The number of carbonyl (C=O) groups excluding carboxylic acids is 2.